The van der Waals surface area contributed by atoms with Crippen LogP contribution in [0.4, 0.5) is 0 Å². The van der Waals surface area contributed by atoms with Gasteiger partial charge in [0, 0.05) is 19.8 Å². The maximum absolute atomic E-state index is 13.3. The number of carbonyl (C=O) groups is 1. The summed E-state index contributed by atoms with van der Waals surface area (Å²) in [5, 5.41) is 0. The molecule has 1 saturated heterocycles. The number of likely N-dealkylation sites (tertiary alicyclic amines) is 1. The van der Waals surface area contributed by atoms with Gasteiger partial charge in [0.2, 0.25) is 0 Å². The van der Waals surface area contributed by atoms with Crippen LogP contribution >= 0.6 is 0 Å². The minimum absolute atomic E-state index is 0.00502. The van der Waals surface area contributed by atoms with Gasteiger partial charge in [-0.25, -0.2) is 15.0 Å². The lowest BCUT2D eigenvalue weighted by Crippen LogP contribution is -2.32. The Morgan fingerprint density at radius 3 is 2.96 bits per heavy atom. The van der Waals surface area contributed by atoms with Gasteiger partial charge < -0.3 is 9.47 Å². The van der Waals surface area contributed by atoms with Crippen LogP contribution in [-0.4, -0.2) is 36.9 Å². The molecule has 1 aromatic carbocycles. The Morgan fingerprint density at radius 2 is 2.15 bits per heavy atom. The van der Waals surface area contributed by atoms with E-state index in [1.807, 2.05) is 30.1 Å². The molecule has 4 rings (SSSR count). The van der Waals surface area contributed by atoms with E-state index in [0.717, 1.165) is 54.8 Å². The Balaban J connectivity index is 1.70. The maximum atomic E-state index is 13.3. The number of hydrogen-bond acceptors (Lipinski definition) is 4. The molecule has 6 heteroatoms. The molecule has 3 heterocycles. The first-order valence-electron chi connectivity index (χ1n) is 9.22. The molecular weight excluding hydrogens is 326 g/mol. The number of aromatic nitrogens is 4. The fraction of sp³-hybridized carbons (Fsp3) is 0.400. The van der Waals surface area contributed by atoms with Gasteiger partial charge in [-0.1, -0.05) is 25.5 Å². The standard InChI is InChI=1S/C20H23N5O/c1-3-7-15-14(12-21-13-22-15)20(26)25-11-6-10-18(25)19-23-16-8-4-5-9-17(16)24(19)2/h4-5,8-9,12-13,18H,3,6-7,10-11H2,1-2H3/t18-/m0/s1. The minimum atomic E-state index is -0.00502. The predicted octanol–water partition coefficient (Wildman–Crippen LogP) is 3.29. The number of nitrogens with zero attached hydrogens (tertiary/aromatic N) is 5. The van der Waals surface area contributed by atoms with Crippen molar-refractivity contribution < 1.29 is 4.79 Å². The largest absolute Gasteiger partial charge is 0.329 e. The van der Waals surface area contributed by atoms with Crippen LogP contribution in [0.3, 0.4) is 0 Å². The second kappa shape index (κ2) is 6.86. The molecule has 0 bridgehead atoms. The van der Waals surface area contributed by atoms with Crippen molar-refractivity contribution in [2.24, 2.45) is 7.05 Å². The molecule has 0 radical (unpaired) electrons. The van der Waals surface area contributed by atoms with Crippen molar-refractivity contribution in [2.45, 2.75) is 38.6 Å². The van der Waals surface area contributed by atoms with Crippen molar-refractivity contribution in [2.75, 3.05) is 6.54 Å². The third-order valence-corrected chi connectivity index (χ3v) is 5.15. The van der Waals surface area contributed by atoms with Crippen LogP contribution in [-0.2, 0) is 13.5 Å². The number of rotatable bonds is 4. The molecule has 0 spiro atoms. The lowest BCUT2D eigenvalue weighted by molar-refractivity contribution is 0.0726. The van der Waals surface area contributed by atoms with Gasteiger partial charge in [-0.15, -0.1) is 0 Å². The third kappa shape index (κ3) is 2.75. The van der Waals surface area contributed by atoms with Crippen molar-refractivity contribution in [3.63, 3.8) is 0 Å². The number of fused-ring (bicyclic) bond motifs is 1. The summed E-state index contributed by atoms with van der Waals surface area (Å²) in [6.45, 7) is 2.83. The first-order valence-corrected chi connectivity index (χ1v) is 9.22. The van der Waals surface area contributed by atoms with E-state index in [9.17, 15) is 4.79 Å². The molecule has 0 N–H and O–H groups in total. The number of para-hydroxylation sites is 2. The Kier molecular flexibility index (Phi) is 4.41. The molecular formula is C20H23N5O. The summed E-state index contributed by atoms with van der Waals surface area (Å²) in [6.07, 6.45) is 6.83. The maximum Gasteiger partial charge on any atom is 0.257 e. The number of aryl methyl sites for hydroxylation is 2. The smallest absolute Gasteiger partial charge is 0.257 e. The van der Waals surface area contributed by atoms with Gasteiger partial charge in [-0.2, -0.15) is 0 Å². The Bertz CT molecular complexity index is 948. The summed E-state index contributed by atoms with van der Waals surface area (Å²) in [4.78, 5) is 28.4. The first kappa shape index (κ1) is 16.7. The van der Waals surface area contributed by atoms with Crippen LogP contribution in [0.1, 0.15) is 54.1 Å². The summed E-state index contributed by atoms with van der Waals surface area (Å²) >= 11 is 0. The first-order chi connectivity index (χ1) is 12.7. The average Bonchev–Trinajstić information content (AvgIpc) is 3.27. The van der Waals surface area contributed by atoms with Gasteiger partial charge >= 0.3 is 0 Å². The van der Waals surface area contributed by atoms with E-state index in [2.05, 4.69) is 27.5 Å². The molecule has 3 aromatic rings. The van der Waals surface area contributed by atoms with Gasteiger partial charge in [0.25, 0.3) is 5.91 Å². The molecule has 2 aromatic heterocycles. The quantitative estimate of drug-likeness (QED) is 0.725. The summed E-state index contributed by atoms with van der Waals surface area (Å²) in [7, 11) is 2.03. The van der Waals surface area contributed by atoms with Crippen LogP contribution in [0, 0.1) is 0 Å². The second-order valence-corrected chi connectivity index (χ2v) is 6.81. The average molecular weight is 349 g/mol. The molecule has 0 unspecified atom stereocenters. The van der Waals surface area contributed by atoms with Crippen LogP contribution < -0.4 is 0 Å². The highest BCUT2D eigenvalue weighted by Crippen LogP contribution is 2.34. The molecule has 134 valence electrons. The molecule has 0 saturated carbocycles. The van der Waals surface area contributed by atoms with E-state index in [1.165, 1.54) is 6.33 Å². The van der Waals surface area contributed by atoms with E-state index >= 15 is 0 Å². The highest BCUT2D eigenvalue weighted by atomic mass is 16.2. The van der Waals surface area contributed by atoms with Gasteiger partial charge in [0.1, 0.15) is 12.2 Å². The molecule has 1 fully saturated rings. The number of benzene rings is 1. The Labute approximate surface area is 152 Å². The number of imidazole rings is 1. The topological polar surface area (TPSA) is 63.9 Å². The van der Waals surface area contributed by atoms with Gasteiger partial charge in [-0.05, 0) is 31.4 Å². The van der Waals surface area contributed by atoms with E-state index in [4.69, 9.17) is 4.98 Å². The number of hydrogen-bond donors (Lipinski definition) is 0. The van der Waals surface area contributed by atoms with Crippen LogP contribution in [0.15, 0.2) is 36.8 Å². The van der Waals surface area contributed by atoms with E-state index in [1.54, 1.807) is 6.20 Å². The molecule has 26 heavy (non-hydrogen) atoms. The molecule has 6 nitrogen and oxygen atoms in total. The predicted molar refractivity (Wildman–Crippen MR) is 99.8 cm³/mol. The fourth-order valence-electron chi connectivity index (χ4n) is 3.86. The lowest BCUT2D eigenvalue weighted by Gasteiger charge is -2.25. The molecule has 0 aliphatic carbocycles. The normalized spacial score (nSPS) is 17.2. The van der Waals surface area contributed by atoms with Crippen molar-refractivity contribution in [1.29, 1.82) is 0 Å². The number of carbonyl (C=O) groups excluding carboxylic acids is 1. The van der Waals surface area contributed by atoms with Gasteiger partial charge in [0.15, 0.2) is 0 Å². The van der Waals surface area contributed by atoms with Crippen molar-refractivity contribution in [3.8, 4) is 0 Å². The molecule has 1 aliphatic rings. The van der Waals surface area contributed by atoms with E-state index in [-0.39, 0.29) is 11.9 Å². The fourth-order valence-corrected chi connectivity index (χ4v) is 3.86. The summed E-state index contributed by atoms with van der Waals surface area (Å²) in [6, 6.07) is 8.09. The van der Waals surface area contributed by atoms with Crippen LogP contribution in [0.25, 0.3) is 11.0 Å². The summed E-state index contributed by atoms with van der Waals surface area (Å²) < 4.78 is 2.11. The SMILES string of the molecule is CCCc1ncncc1C(=O)N1CCC[C@H]1c1nc2ccccc2n1C. The lowest BCUT2D eigenvalue weighted by atomic mass is 10.1. The Morgan fingerprint density at radius 1 is 1.31 bits per heavy atom. The van der Waals surface area contributed by atoms with Crippen LogP contribution in [0.2, 0.25) is 0 Å². The van der Waals surface area contributed by atoms with Gasteiger partial charge in [-0.3, -0.25) is 4.79 Å². The minimum Gasteiger partial charge on any atom is -0.329 e. The van der Waals surface area contributed by atoms with Crippen LogP contribution in [0.5, 0.6) is 0 Å². The Hall–Kier alpha value is -2.76. The van der Waals surface area contributed by atoms with Crippen molar-refractivity contribution in [1.82, 2.24) is 24.4 Å². The molecule has 1 atom stereocenters. The highest BCUT2D eigenvalue weighted by Gasteiger charge is 2.34. The zero-order chi connectivity index (χ0) is 18.1. The molecule has 1 amide bonds. The van der Waals surface area contributed by atoms with Crippen molar-refractivity contribution in [3.05, 3.63) is 53.9 Å². The highest BCUT2D eigenvalue weighted by molar-refractivity contribution is 5.95. The van der Waals surface area contributed by atoms with E-state index in [0.29, 0.717) is 5.56 Å². The van der Waals surface area contributed by atoms with E-state index < -0.39 is 0 Å². The summed E-state index contributed by atoms with van der Waals surface area (Å²) in [5.41, 5.74) is 3.53. The van der Waals surface area contributed by atoms with Crippen molar-refractivity contribution >= 4 is 16.9 Å². The molecule has 1 aliphatic heterocycles. The number of amides is 1. The summed E-state index contributed by atoms with van der Waals surface area (Å²) in [5.74, 6) is 0.967. The second-order valence-electron chi connectivity index (χ2n) is 6.81. The zero-order valence-electron chi connectivity index (χ0n) is 15.2. The monoisotopic (exact) mass is 349 g/mol. The zero-order valence-corrected chi connectivity index (χ0v) is 15.2. The van der Waals surface area contributed by atoms with Gasteiger partial charge in [0.05, 0.1) is 28.3 Å². The third-order valence-electron chi connectivity index (χ3n) is 5.15.